The van der Waals surface area contributed by atoms with E-state index in [4.69, 9.17) is 4.74 Å². The maximum atomic E-state index is 13.8. The zero-order valence-electron chi connectivity index (χ0n) is 19.2. The molecule has 1 aliphatic heterocycles. The van der Waals surface area contributed by atoms with Crippen LogP contribution in [0.4, 0.5) is 4.39 Å². The average Bonchev–Trinajstić information content (AvgIpc) is 3.17. The molecule has 1 N–H and O–H groups in total. The molecule has 7 heteroatoms. The number of carbonyl (C=O) groups is 2. The van der Waals surface area contributed by atoms with Crippen molar-refractivity contribution in [2.45, 2.75) is 53.1 Å². The van der Waals surface area contributed by atoms with E-state index in [9.17, 15) is 14.0 Å². The van der Waals surface area contributed by atoms with Gasteiger partial charge in [0.2, 0.25) is 0 Å². The molecule has 2 aromatic heterocycles. The number of imidazole rings is 1. The van der Waals surface area contributed by atoms with Crippen molar-refractivity contribution in [1.82, 2.24) is 14.3 Å². The van der Waals surface area contributed by atoms with E-state index in [1.54, 1.807) is 27.0 Å². The fourth-order valence-electron chi connectivity index (χ4n) is 4.32. The summed E-state index contributed by atoms with van der Waals surface area (Å²) in [6.45, 7) is 11.6. The molecule has 0 radical (unpaired) electrons. The molecular formula is C25H28FN3O3. The van der Waals surface area contributed by atoms with Crippen LogP contribution in [0.25, 0.3) is 11.2 Å². The largest absolute Gasteiger partial charge is 0.459 e. The maximum absolute atomic E-state index is 13.8. The van der Waals surface area contributed by atoms with Gasteiger partial charge in [-0.3, -0.25) is 4.79 Å². The van der Waals surface area contributed by atoms with Gasteiger partial charge < -0.3 is 19.0 Å². The van der Waals surface area contributed by atoms with Crippen LogP contribution in [-0.2, 0) is 14.9 Å². The number of aromatic nitrogens is 2. The summed E-state index contributed by atoms with van der Waals surface area (Å²) in [4.78, 5) is 31.4. The minimum atomic E-state index is -0.506. The van der Waals surface area contributed by atoms with Crippen LogP contribution in [-0.4, -0.2) is 38.8 Å². The highest BCUT2D eigenvalue weighted by Crippen LogP contribution is 2.37. The Morgan fingerprint density at radius 3 is 2.56 bits per heavy atom. The van der Waals surface area contributed by atoms with E-state index < -0.39 is 11.4 Å². The number of esters is 1. The molecule has 1 aliphatic rings. The molecule has 0 saturated carbocycles. The number of benzene rings is 1. The van der Waals surface area contributed by atoms with Crippen LogP contribution in [0.3, 0.4) is 0 Å². The molecule has 1 aromatic carbocycles. The van der Waals surface area contributed by atoms with Crippen molar-refractivity contribution in [3.05, 3.63) is 70.6 Å². The average molecular weight is 438 g/mol. The first-order chi connectivity index (χ1) is 15.0. The standard InChI is InChI=1S/C25H28FN3O3/c1-14(2)32-24(31)18-12-28(23(30)17-7-8-19(26)16(4)10-17)13-25(5,6)22-21(18)27-20-9-15(3)11-29(20)22/h7-12,14,27H,13H2,1-6H3. The first kappa shape index (κ1) is 21.9. The number of halogens is 1. The second-order valence-corrected chi connectivity index (χ2v) is 9.40. The van der Waals surface area contributed by atoms with Crippen LogP contribution in [0.15, 0.2) is 36.7 Å². The molecule has 0 bridgehead atoms. The number of hydrogen-bond acceptors (Lipinski definition) is 3. The molecule has 3 heterocycles. The number of ether oxygens (including phenoxy) is 1. The van der Waals surface area contributed by atoms with Gasteiger partial charge in [0.05, 0.1) is 17.5 Å². The SMILES string of the molecule is Cc1cc2[nH]c3c(n2c1)C(C)(C)CN(C(=O)c1ccc(F)c(C)c1)C=C3C(=O)OC(C)C. The van der Waals surface area contributed by atoms with Gasteiger partial charge in [-0.05, 0) is 63.1 Å². The Morgan fingerprint density at radius 1 is 1.19 bits per heavy atom. The molecule has 3 aromatic rings. The third-order valence-electron chi connectivity index (χ3n) is 5.68. The highest BCUT2D eigenvalue weighted by atomic mass is 19.1. The quantitative estimate of drug-likeness (QED) is 0.602. The minimum Gasteiger partial charge on any atom is -0.459 e. The number of aryl methyl sites for hydroxylation is 2. The molecule has 0 aliphatic carbocycles. The first-order valence-corrected chi connectivity index (χ1v) is 10.7. The Balaban J connectivity index is 1.88. The lowest BCUT2D eigenvalue weighted by atomic mass is 9.86. The third-order valence-corrected chi connectivity index (χ3v) is 5.68. The third kappa shape index (κ3) is 3.72. The van der Waals surface area contributed by atoms with Crippen LogP contribution in [0, 0.1) is 19.7 Å². The van der Waals surface area contributed by atoms with Crippen molar-refractivity contribution in [3.8, 4) is 0 Å². The van der Waals surface area contributed by atoms with Gasteiger partial charge in [0, 0.05) is 29.9 Å². The number of carbonyl (C=O) groups excluding carboxylic acids is 2. The van der Waals surface area contributed by atoms with E-state index in [-0.39, 0.29) is 23.4 Å². The van der Waals surface area contributed by atoms with Gasteiger partial charge in [0.25, 0.3) is 5.91 Å². The van der Waals surface area contributed by atoms with E-state index in [0.29, 0.717) is 23.4 Å². The number of hydrogen-bond donors (Lipinski definition) is 1. The van der Waals surface area contributed by atoms with Crippen molar-refractivity contribution >= 4 is 23.1 Å². The summed E-state index contributed by atoms with van der Waals surface area (Å²) in [6.07, 6.45) is 3.26. The summed E-state index contributed by atoms with van der Waals surface area (Å²) in [7, 11) is 0. The van der Waals surface area contributed by atoms with E-state index >= 15 is 0 Å². The molecule has 168 valence electrons. The second-order valence-electron chi connectivity index (χ2n) is 9.40. The zero-order valence-corrected chi connectivity index (χ0v) is 19.2. The maximum Gasteiger partial charge on any atom is 0.342 e. The van der Waals surface area contributed by atoms with E-state index in [1.807, 2.05) is 37.4 Å². The van der Waals surface area contributed by atoms with Gasteiger partial charge >= 0.3 is 5.97 Å². The summed E-state index contributed by atoms with van der Waals surface area (Å²) < 4.78 is 21.3. The van der Waals surface area contributed by atoms with Crippen molar-refractivity contribution < 1.29 is 18.7 Å². The normalized spacial score (nSPS) is 15.5. The van der Waals surface area contributed by atoms with Gasteiger partial charge in [-0.2, -0.15) is 0 Å². The summed E-state index contributed by atoms with van der Waals surface area (Å²) in [5.74, 6) is -1.18. The number of amides is 1. The minimum absolute atomic E-state index is 0.285. The Kier molecular flexibility index (Phi) is 5.23. The molecule has 0 fully saturated rings. The van der Waals surface area contributed by atoms with Crippen LogP contribution in [0.2, 0.25) is 0 Å². The van der Waals surface area contributed by atoms with Gasteiger partial charge in [-0.25, -0.2) is 9.18 Å². The fraction of sp³-hybridized carbons (Fsp3) is 0.360. The van der Waals surface area contributed by atoms with E-state index in [1.165, 1.54) is 23.1 Å². The van der Waals surface area contributed by atoms with E-state index in [2.05, 4.69) is 4.98 Å². The lowest BCUT2D eigenvalue weighted by molar-refractivity contribution is -0.140. The van der Waals surface area contributed by atoms with Crippen LogP contribution in [0.1, 0.15) is 60.6 Å². The second kappa shape index (κ2) is 7.65. The number of rotatable bonds is 3. The predicted octanol–water partition coefficient (Wildman–Crippen LogP) is 4.75. The monoisotopic (exact) mass is 437 g/mol. The molecule has 6 nitrogen and oxygen atoms in total. The molecular weight excluding hydrogens is 409 g/mol. The Hall–Kier alpha value is -3.35. The van der Waals surface area contributed by atoms with E-state index in [0.717, 1.165) is 16.9 Å². The summed E-state index contributed by atoms with van der Waals surface area (Å²) in [5.41, 5.74) is 4.04. The van der Waals surface area contributed by atoms with Gasteiger partial charge in [0.1, 0.15) is 17.0 Å². The Morgan fingerprint density at radius 2 is 1.91 bits per heavy atom. The first-order valence-electron chi connectivity index (χ1n) is 10.7. The van der Waals surface area contributed by atoms with Gasteiger partial charge in [-0.15, -0.1) is 0 Å². The van der Waals surface area contributed by atoms with Crippen LogP contribution >= 0.6 is 0 Å². The number of fused-ring (bicyclic) bond motifs is 3. The van der Waals surface area contributed by atoms with Crippen LogP contribution in [0.5, 0.6) is 0 Å². The fourth-order valence-corrected chi connectivity index (χ4v) is 4.32. The number of aromatic amines is 1. The molecule has 32 heavy (non-hydrogen) atoms. The van der Waals surface area contributed by atoms with Gasteiger partial charge in [-0.1, -0.05) is 13.8 Å². The van der Waals surface area contributed by atoms with Gasteiger partial charge in [0.15, 0.2) is 0 Å². The predicted molar refractivity (Wildman–Crippen MR) is 121 cm³/mol. The number of nitrogens with zero attached hydrogens (tertiary/aromatic N) is 2. The number of H-pyrrole nitrogens is 1. The smallest absolute Gasteiger partial charge is 0.342 e. The van der Waals surface area contributed by atoms with Crippen molar-refractivity contribution in [3.63, 3.8) is 0 Å². The summed E-state index contributed by atoms with van der Waals surface area (Å²) in [5, 5.41) is 0. The molecule has 0 atom stereocenters. The van der Waals surface area contributed by atoms with Crippen LogP contribution < -0.4 is 0 Å². The molecule has 0 unspecified atom stereocenters. The summed E-state index contributed by atoms with van der Waals surface area (Å²) >= 11 is 0. The Labute approximate surface area is 186 Å². The van der Waals surface area contributed by atoms with Crippen molar-refractivity contribution in [1.29, 1.82) is 0 Å². The molecule has 4 rings (SSSR count). The molecule has 0 spiro atoms. The van der Waals surface area contributed by atoms with Crippen molar-refractivity contribution in [2.75, 3.05) is 6.54 Å². The zero-order chi connectivity index (χ0) is 23.4. The van der Waals surface area contributed by atoms with Crippen molar-refractivity contribution in [2.24, 2.45) is 0 Å². The summed E-state index contributed by atoms with van der Waals surface area (Å²) in [6, 6.07) is 6.30. The molecule has 1 amide bonds. The Bertz CT molecular complexity index is 1260. The number of nitrogens with one attached hydrogen (secondary N) is 1. The molecule has 0 saturated heterocycles. The topological polar surface area (TPSA) is 66.8 Å². The highest BCUT2D eigenvalue weighted by Gasteiger charge is 2.38. The lowest BCUT2D eigenvalue weighted by Crippen LogP contribution is -2.37. The lowest BCUT2D eigenvalue weighted by Gasteiger charge is -2.29. The highest BCUT2D eigenvalue weighted by molar-refractivity contribution is 6.17.